The van der Waals surface area contributed by atoms with E-state index in [-0.39, 0.29) is 51.4 Å². The lowest BCUT2D eigenvalue weighted by Gasteiger charge is -2.18. The van der Waals surface area contributed by atoms with Crippen molar-refractivity contribution in [3.8, 4) is 0 Å². The number of nitrogens with one attached hydrogen (secondary N) is 1. The molecule has 4 aromatic rings. The lowest BCUT2D eigenvalue weighted by atomic mass is 9.96. The SMILES string of the molecule is Nc1nc2c(nnn2[C@@H]2O[C@H](COPCC[C@H]3[C@H](F)[C@H](n4cnc5c(N)ncnc54)O[C@@H]3COP)C[C@H]2OO)c(=O)[nH]1. The molecule has 0 radical (unpaired) electrons. The highest BCUT2D eigenvalue weighted by Crippen LogP contribution is 2.41. The van der Waals surface area contributed by atoms with Crippen molar-refractivity contribution in [3.05, 3.63) is 23.0 Å². The normalized spacial score (nSPS) is 28.2. The number of imidazole rings is 1. The van der Waals surface area contributed by atoms with Crippen LogP contribution in [0.2, 0.25) is 0 Å². The smallest absolute Gasteiger partial charge is 0.282 e. The predicted octanol–water partition coefficient (Wildman–Crippen LogP) is 0.323. The zero-order chi connectivity index (χ0) is 29.4. The molecule has 2 unspecified atom stereocenters. The number of H-pyrrole nitrogens is 1. The van der Waals surface area contributed by atoms with Crippen LogP contribution in [0.15, 0.2) is 17.4 Å². The molecule has 226 valence electrons. The number of nitrogens with zero attached hydrogens (tertiary/aromatic N) is 8. The van der Waals surface area contributed by atoms with Crippen molar-refractivity contribution in [2.45, 2.75) is 49.8 Å². The highest BCUT2D eigenvalue weighted by Gasteiger charge is 2.46. The van der Waals surface area contributed by atoms with Gasteiger partial charge in [-0.1, -0.05) is 5.21 Å². The lowest BCUT2D eigenvalue weighted by Crippen LogP contribution is -2.26. The van der Waals surface area contributed by atoms with E-state index in [9.17, 15) is 10.1 Å². The fourth-order valence-electron chi connectivity index (χ4n) is 5.26. The van der Waals surface area contributed by atoms with Gasteiger partial charge in [0.05, 0.1) is 31.7 Å². The van der Waals surface area contributed by atoms with Crippen LogP contribution in [0.1, 0.15) is 25.3 Å². The molecule has 6 heterocycles. The highest BCUT2D eigenvalue weighted by molar-refractivity contribution is 7.32. The molecule has 0 saturated carbocycles. The van der Waals surface area contributed by atoms with Crippen molar-refractivity contribution in [1.29, 1.82) is 0 Å². The van der Waals surface area contributed by atoms with Crippen LogP contribution in [0.5, 0.6) is 0 Å². The number of halogens is 1. The molecule has 2 saturated heterocycles. The van der Waals surface area contributed by atoms with Crippen LogP contribution in [0, 0.1) is 5.92 Å². The Hall–Kier alpha value is -3.02. The van der Waals surface area contributed by atoms with Crippen molar-refractivity contribution in [2.24, 2.45) is 5.92 Å². The highest BCUT2D eigenvalue weighted by atomic mass is 31.1. The Balaban J connectivity index is 1.04. The number of rotatable bonds is 11. The van der Waals surface area contributed by atoms with Crippen LogP contribution >= 0.6 is 18.3 Å². The molecular weight excluding hydrogens is 599 g/mol. The number of fused-ring (bicyclic) bond motifs is 2. The first-order valence-corrected chi connectivity index (χ1v) is 14.4. The van der Waals surface area contributed by atoms with Gasteiger partial charge in [-0.3, -0.25) is 19.6 Å². The number of nitrogens with two attached hydrogens (primary N) is 2. The molecule has 18 nitrogen and oxygen atoms in total. The molecule has 21 heteroatoms. The summed E-state index contributed by atoms with van der Waals surface area (Å²) in [7, 11) is 2.20. The number of alkyl halides is 1. The maximum atomic E-state index is 15.7. The number of ether oxygens (including phenoxy) is 2. The molecule has 0 aromatic carbocycles. The van der Waals surface area contributed by atoms with E-state index in [0.717, 1.165) is 0 Å². The van der Waals surface area contributed by atoms with Crippen LogP contribution in [-0.4, -0.2) is 93.6 Å². The Morgan fingerprint density at radius 1 is 1.19 bits per heavy atom. The van der Waals surface area contributed by atoms with E-state index in [1.807, 2.05) is 0 Å². The van der Waals surface area contributed by atoms with Gasteiger partial charge in [-0.15, -0.1) is 5.10 Å². The van der Waals surface area contributed by atoms with E-state index in [4.69, 9.17) is 30.0 Å². The number of hydrogen-bond donors (Lipinski definition) is 4. The van der Waals surface area contributed by atoms with Crippen molar-refractivity contribution in [1.82, 2.24) is 44.5 Å². The predicted molar refractivity (Wildman–Crippen MR) is 148 cm³/mol. The summed E-state index contributed by atoms with van der Waals surface area (Å²) < 4.78 is 41.6. The topological polar surface area (TPSA) is 238 Å². The van der Waals surface area contributed by atoms with Crippen molar-refractivity contribution in [2.75, 3.05) is 30.8 Å². The van der Waals surface area contributed by atoms with Crippen LogP contribution in [0.4, 0.5) is 16.2 Å². The zero-order valence-corrected chi connectivity index (χ0v) is 24.0. The molecule has 4 aromatic heterocycles. The van der Waals surface area contributed by atoms with E-state index >= 15 is 4.39 Å². The lowest BCUT2D eigenvalue weighted by molar-refractivity contribution is -0.294. The third kappa shape index (κ3) is 5.42. The van der Waals surface area contributed by atoms with Crippen LogP contribution in [0.25, 0.3) is 22.3 Å². The van der Waals surface area contributed by atoms with Gasteiger partial charge in [0.15, 0.2) is 41.3 Å². The van der Waals surface area contributed by atoms with E-state index in [2.05, 4.69) is 49.6 Å². The zero-order valence-electron chi connectivity index (χ0n) is 21.8. The third-order valence-corrected chi connectivity index (χ3v) is 8.28. The van der Waals surface area contributed by atoms with Gasteiger partial charge in [0.2, 0.25) is 5.95 Å². The average molecular weight is 627 g/mol. The standard InChI is InChI=1S/C21H28FN11O7P2/c22-12-9(11(5-36-41)39-20(12)32-7-27-13-15(23)25-6-26-16(13)32)1-2-42-37-4-8-3-10(40-35)19(38-8)33-17-14(30-31-33)18(34)29-21(24)28-17/h6-12,19-20,35,42H,1-5,41H2,(H2,23,25,26)(H3,24,28,29,34)/t8-,9+,10+,11+,12-,19+,20+/m0/s1. The molecule has 2 aliphatic rings. The average Bonchev–Trinajstić information content (AvgIpc) is 3.74. The Bertz CT molecular complexity index is 1610. The van der Waals surface area contributed by atoms with Gasteiger partial charge in [0, 0.05) is 30.6 Å². The van der Waals surface area contributed by atoms with E-state index in [1.54, 1.807) is 0 Å². The molecule has 2 fully saturated rings. The summed E-state index contributed by atoms with van der Waals surface area (Å²) in [5, 5.41) is 17.2. The molecule has 0 aliphatic carbocycles. The van der Waals surface area contributed by atoms with Gasteiger partial charge in [-0.25, -0.2) is 24.2 Å². The number of hydrogen-bond acceptors (Lipinski definition) is 15. The summed E-state index contributed by atoms with van der Waals surface area (Å²) in [4.78, 5) is 35.4. The minimum absolute atomic E-state index is 0.0287. The fraction of sp³-hybridized carbons (Fsp3) is 0.571. The summed E-state index contributed by atoms with van der Waals surface area (Å²) in [6.07, 6.45) is -0.959. The van der Waals surface area contributed by atoms with Gasteiger partial charge in [-0.2, -0.15) is 9.67 Å². The second-order valence-electron chi connectivity index (χ2n) is 9.77. The first-order valence-electron chi connectivity index (χ1n) is 12.8. The second-order valence-corrected chi connectivity index (χ2v) is 11.2. The Morgan fingerprint density at radius 3 is 2.86 bits per heavy atom. The van der Waals surface area contributed by atoms with E-state index < -0.39 is 48.4 Å². The molecule has 6 N–H and O–H groups in total. The molecule has 2 aliphatic heterocycles. The Morgan fingerprint density at radius 2 is 2.05 bits per heavy atom. The monoisotopic (exact) mass is 627 g/mol. The largest absolute Gasteiger partial charge is 0.382 e. The van der Waals surface area contributed by atoms with Gasteiger partial charge in [0.1, 0.15) is 17.9 Å². The minimum Gasteiger partial charge on any atom is -0.382 e. The summed E-state index contributed by atoms with van der Waals surface area (Å²) >= 11 is 0. The maximum Gasteiger partial charge on any atom is 0.282 e. The van der Waals surface area contributed by atoms with Gasteiger partial charge in [-0.05, 0) is 12.6 Å². The number of aromatic amines is 1. The summed E-state index contributed by atoms with van der Waals surface area (Å²) in [5.41, 5.74) is 11.8. The summed E-state index contributed by atoms with van der Waals surface area (Å²) in [6, 6.07) is 0. The first-order chi connectivity index (χ1) is 20.4. The number of nitrogen functional groups attached to an aromatic ring is 2. The van der Waals surface area contributed by atoms with Gasteiger partial charge in [0.25, 0.3) is 5.56 Å². The molecule has 9 atom stereocenters. The maximum absolute atomic E-state index is 15.7. The van der Waals surface area contributed by atoms with Crippen LogP contribution in [0.3, 0.4) is 0 Å². The number of anilines is 2. The van der Waals surface area contributed by atoms with E-state index in [0.29, 0.717) is 23.7 Å². The van der Waals surface area contributed by atoms with Crippen LogP contribution < -0.4 is 17.0 Å². The molecule has 0 amide bonds. The molecule has 42 heavy (non-hydrogen) atoms. The Labute approximate surface area is 239 Å². The fourth-order valence-corrected chi connectivity index (χ4v) is 6.35. The molecular formula is C21H28FN11O7P2. The van der Waals surface area contributed by atoms with Gasteiger partial charge < -0.3 is 30.0 Å². The quantitative estimate of drug-likeness (QED) is 0.0758. The molecule has 0 bridgehead atoms. The van der Waals surface area contributed by atoms with Crippen LogP contribution in [-0.2, 0) is 23.4 Å². The van der Waals surface area contributed by atoms with Crippen molar-refractivity contribution in [3.63, 3.8) is 0 Å². The first kappa shape index (κ1) is 29.1. The van der Waals surface area contributed by atoms with E-state index in [1.165, 1.54) is 21.9 Å². The number of aromatic nitrogens is 9. The second kappa shape index (κ2) is 12.3. The summed E-state index contributed by atoms with van der Waals surface area (Å²) in [5.74, 6) is -0.381. The summed E-state index contributed by atoms with van der Waals surface area (Å²) in [6.45, 7) is 0.365. The minimum atomic E-state index is -1.36. The van der Waals surface area contributed by atoms with Gasteiger partial charge >= 0.3 is 0 Å². The Kier molecular flexibility index (Phi) is 8.51. The van der Waals surface area contributed by atoms with Crippen molar-refractivity contribution < 1.29 is 33.1 Å². The van der Waals surface area contributed by atoms with Crippen molar-refractivity contribution >= 4 is 52.4 Å². The third-order valence-electron chi connectivity index (χ3n) is 7.22. The molecule has 6 rings (SSSR count). The molecule has 0 spiro atoms.